The van der Waals surface area contributed by atoms with Gasteiger partial charge in [0.05, 0.1) is 12.6 Å². The fourth-order valence-corrected chi connectivity index (χ4v) is 1.77. The van der Waals surface area contributed by atoms with Gasteiger partial charge in [-0.3, -0.25) is 4.79 Å². The molecule has 0 aromatic heterocycles. The van der Waals surface area contributed by atoms with Crippen molar-refractivity contribution >= 4 is 12.1 Å². The lowest BCUT2D eigenvalue weighted by atomic mass is 10.0. The largest absolute Gasteiger partial charge is 0.504 e. The predicted octanol–water partition coefficient (Wildman–Crippen LogP) is 1.49. The number of phenols is 1. The van der Waals surface area contributed by atoms with Crippen molar-refractivity contribution < 1.29 is 24.2 Å². The monoisotopic (exact) mass is 251 g/mol. The number of nitrogens with one attached hydrogen (secondary N) is 1. The van der Waals surface area contributed by atoms with E-state index in [1.54, 1.807) is 6.07 Å². The molecule has 1 amide bonds. The van der Waals surface area contributed by atoms with E-state index in [0.717, 1.165) is 5.56 Å². The van der Waals surface area contributed by atoms with Crippen LogP contribution in [-0.2, 0) is 9.53 Å². The van der Waals surface area contributed by atoms with Gasteiger partial charge in [0.2, 0.25) is 0 Å². The summed E-state index contributed by atoms with van der Waals surface area (Å²) in [5.41, 5.74) is 0.736. The molecular weight excluding hydrogens is 238 g/mol. The van der Waals surface area contributed by atoms with Gasteiger partial charge in [-0.25, -0.2) is 4.79 Å². The number of benzene rings is 1. The highest BCUT2D eigenvalue weighted by Gasteiger charge is 2.21. The van der Waals surface area contributed by atoms with Gasteiger partial charge in [0, 0.05) is 13.3 Å². The van der Waals surface area contributed by atoms with Crippen molar-refractivity contribution in [1.82, 2.24) is 5.32 Å². The Morgan fingerprint density at radius 3 is 2.94 bits per heavy atom. The van der Waals surface area contributed by atoms with Crippen LogP contribution in [0.1, 0.15) is 24.9 Å². The summed E-state index contributed by atoms with van der Waals surface area (Å²) >= 11 is 0. The number of esters is 1. The van der Waals surface area contributed by atoms with Crippen molar-refractivity contribution in [2.45, 2.75) is 19.4 Å². The molecule has 1 heterocycles. The third-order valence-electron chi connectivity index (χ3n) is 2.57. The van der Waals surface area contributed by atoms with E-state index in [9.17, 15) is 14.7 Å². The molecule has 1 saturated heterocycles. The van der Waals surface area contributed by atoms with E-state index in [4.69, 9.17) is 9.47 Å². The molecule has 1 atom stereocenters. The second-order valence-corrected chi connectivity index (χ2v) is 3.94. The summed E-state index contributed by atoms with van der Waals surface area (Å²) in [6, 6.07) is 4.44. The van der Waals surface area contributed by atoms with Crippen molar-refractivity contribution in [2.24, 2.45) is 0 Å². The van der Waals surface area contributed by atoms with Gasteiger partial charge in [0.25, 0.3) is 0 Å². The molecule has 1 aromatic rings. The average Bonchev–Trinajstić information content (AvgIpc) is 2.31. The van der Waals surface area contributed by atoms with Crippen molar-refractivity contribution in [1.29, 1.82) is 0 Å². The highest BCUT2D eigenvalue weighted by Crippen LogP contribution is 2.31. The van der Waals surface area contributed by atoms with Crippen LogP contribution in [0.2, 0.25) is 0 Å². The lowest BCUT2D eigenvalue weighted by Crippen LogP contribution is -2.35. The number of ether oxygens (including phenoxy) is 2. The molecule has 0 aliphatic carbocycles. The predicted molar refractivity (Wildman–Crippen MR) is 61.3 cm³/mol. The smallest absolute Gasteiger partial charge is 0.407 e. The summed E-state index contributed by atoms with van der Waals surface area (Å²) < 4.78 is 9.56. The molecule has 1 aliphatic heterocycles. The standard InChI is InChI=1S/C12H13NO5/c1-7(14)18-11-3-2-8(6-10(11)15)9-4-5-17-12(16)13-9/h2-3,6,9,15H,4-5H2,1H3,(H,13,16)/t9-/m1/s1. The van der Waals surface area contributed by atoms with Crippen LogP contribution in [-0.4, -0.2) is 23.8 Å². The molecule has 0 unspecified atom stereocenters. The van der Waals surface area contributed by atoms with E-state index in [1.165, 1.54) is 19.1 Å². The third-order valence-corrected chi connectivity index (χ3v) is 2.57. The maximum atomic E-state index is 11.1. The quantitative estimate of drug-likeness (QED) is 0.614. The van der Waals surface area contributed by atoms with E-state index >= 15 is 0 Å². The third kappa shape index (κ3) is 2.71. The zero-order chi connectivity index (χ0) is 13.1. The zero-order valence-corrected chi connectivity index (χ0v) is 9.80. The minimum atomic E-state index is -0.502. The minimum Gasteiger partial charge on any atom is -0.504 e. The fraction of sp³-hybridized carbons (Fsp3) is 0.333. The Morgan fingerprint density at radius 1 is 1.56 bits per heavy atom. The number of amides is 1. The summed E-state index contributed by atoms with van der Waals surface area (Å²) in [6.07, 6.45) is 0.146. The molecule has 2 rings (SSSR count). The van der Waals surface area contributed by atoms with Crippen molar-refractivity contribution in [3.63, 3.8) is 0 Å². The number of rotatable bonds is 2. The van der Waals surface area contributed by atoms with Gasteiger partial charge in [-0.1, -0.05) is 6.07 Å². The Kier molecular flexibility index (Phi) is 3.36. The highest BCUT2D eigenvalue weighted by atomic mass is 16.6. The van der Waals surface area contributed by atoms with Crippen LogP contribution in [0.5, 0.6) is 11.5 Å². The summed E-state index contributed by atoms with van der Waals surface area (Å²) in [6.45, 7) is 1.59. The molecular formula is C12H13NO5. The van der Waals surface area contributed by atoms with Gasteiger partial charge in [-0.2, -0.15) is 0 Å². The van der Waals surface area contributed by atoms with Crippen LogP contribution >= 0.6 is 0 Å². The van der Waals surface area contributed by atoms with Crippen LogP contribution in [0.25, 0.3) is 0 Å². The van der Waals surface area contributed by atoms with Gasteiger partial charge in [0.15, 0.2) is 11.5 Å². The highest BCUT2D eigenvalue weighted by molar-refractivity contribution is 5.71. The van der Waals surface area contributed by atoms with Crippen molar-refractivity contribution in [3.05, 3.63) is 23.8 Å². The summed E-state index contributed by atoms with van der Waals surface area (Å²) in [5, 5.41) is 12.4. The van der Waals surface area contributed by atoms with E-state index in [0.29, 0.717) is 13.0 Å². The summed E-state index contributed by atoms with van der Waals surface area (Å²) in [4.78, 5) is 21.9. The van der Waals surface area contributed by atoms with Crippen LogP contribution in [0.15, 0.2) is 18.2 Å². The Bertz CT molecular complexity index is 485. The Labute approximate surface area is 104 Å². The number of carbonyl (C=O) groups is 2. The number of cyclic esters (lactones) is 1. The first-order chi connectivity index (χ1) is 8.56. The van der Waals surface area contributed by atoms with Gasteiger partial charge >= 0.3 is 12.1 Å². The number of phenolic OH excluding ortho intramolecular Hbond substituents is 1. The van der Waals surface area contributed by atoms with Crippen LogP contribution in [0.3, 0.4) is 0 Å². The first kappa shape index (κ1) is 12.2. The molecule has 0 radical (unpaired) electrons. The lowest BCUT2D eigenvalue weighted by Gasteiger charge is -2.23. The van der Waals surface area contributed by atoms with Gasteiger partial charge in [-0.15, -0.1) is 0 Å². The fourth-order valence-electron chi connectivity index (χ4n) is 1.77. The molecule has 1 aliphatic rings. The van der Waals surface area contributed by atoms with E-state index in [1.807, 2.05) is 0 Å². The van der Waals surface area contributed by atoms with Crippen molar-refractivity contribution in [2.75, 3.05) is 6.61 Å². The van der Waals surface area contributed by atoms with Crippen LogP contribution < -0.4 is 10.1 Å². The lowest BCUT2D eigenvalue weighted by molar-refractivity contribution is -0.132. The molecule has 1 aromatic carbocycles. The van der Waals surface area contributed by atoms with Crippen molar-refractivity contribution in [3.8, 4) is 11.5 Å². The van der Waals surface area contributed by atoms with Gasteiger partial charge in [-0.05, 0) is 17.7 Å². The first-order valence-corrected chi connectivity index (χ1v) is 5.51. The van der Waals surface area contributed by atoms with E-state index in [2.05, 4.69) is 5.32 Å². The van der Waals surface area contributed by atoms with Gasteiger partial charge < -0.3 is 19.9 Å². The molecule has 0 spiro atoms. The van der Waals surface area contributed by atoms with Gasteiger partial charge in [0.1, 0.15) is 0 Å². The molecule has 0 bridgehead atoms. The molecule has 0 saturated carbocycles. The molecule has 2 N–H and O–H groups in total. The molecule has 96 valence electrons. The number of hydrogen-bond donors (Lipinski definition) is 2. The molecule has 18 heavy (non-hydrogen) atoms. The first-order valence-electron chi connectivity index (χ1n) is 5.51. The second kappa shape index (κ2) is 4.95. The summed E-state index contributed by atoms with van der Waals surface area (Å²) in [5.74, 6) is -0.537. The maximum Gasteiger partial charge on any atom is 0.407 e. The number of aromatic hydroxyl groups is 1. The number of alkyl carbamates (subject to hydrolysis) is 1. The zero-order valence-electron chi connectivity index (χ0n) is 9.80. The normalized spacial score (nSPS) is 18.7. The Hall–Kier alpha value is -2.24. The van der Waals surface area contributed by atoms with E-state index < -0.39 is 12.1 Å². The molecule has 6 nitrogen and oxygen atoms in total. The summed E-state index contributed by atoms with van der Waals surface area (Å²) in [7, 11) is 0. The molecule has 1 fully saturated rings. The second-order valence-electron chi connectivity index (χ2n) is 3.94. The average molecular weight is 251 g/mol. The minimum absolute atomic E-state index is 0.102. The number of carbonyl (C=O) groups excluding carboxylic acids is 2. The maximum absolute atomic E-state index is 11.1. The number of hydrogen-bond acceptors (Lipinski definition) is 5. The Balaban J connectivity index is 2.17. The SMILES string of the molecule is CC(=O)Oc1ccc([C@H]2CCOC(=O)N2)cc1O. The topological polar surface area (TPSA) is 84.9 Å². The Morgan fingerprint density at radius 2 is 2.33 bits per heavy atom. The van der Waals surface area contributed by atoms with Crippen LogP contribution in [0, 0.1) is 0 Å². The molecule has 6 heteroatoms. The van der Waals surface area contributed by atoms with Crippen LogP contribution in [0.4, 0.5) is 4.79 Å². The van der Waals surface area contributed by atoms with E-state index in [-0.39, 0.29) is 17.5 Å².